The highest BCUT2D eigenvalue weighted by atomic mass is 16.5. The molecule has 0 saturated carbocycles. The number of aromatic nitrogens is 1. The fourth-order valence-electron chi connectivity index (χ4n) is 5.24. The molecule has 1 atom stereocenters. The summed E-state index contributed by atoms with van der Waals surface area (Å²) >= 11 is 0. The number of fused-ring (bicyclic) bond motifs is 1. The zero-order valence-electron chi connectivity index (χ0n) is 23.0. The summed E-state index contributed by atoms with van der Waals surface area (Å²) in [6.07, 6.45) is 2.34. The number of primary amides is 1. The first-order valence-electron chi connectivity index (χ1n) is 13.8. The normalized spacial score (nSPS) is 14.2. The average Bonchev–Trinajstić information content (AvgIpc) is 3.38. The minimum absolute atomic E-state index is 0.128. The maximum atomic E-state index is 12.6. The van der Waals surface area contributed by atoms with Gasteiger partial charge in [0, 0.05) is 71.6 Å². The van der Waals surface area contributed by atoms with Crippen LogP contribution < -0.4 is 20.7 Å². The Morgan fingerprint density at radius 3 is 2.48 bits per heavy atom. The molecular formula is C33H36N4O3. The predicted molar refractivity (Wildman–Crippen MR) is 160 cm³/mol. The number of hydrogen-bond donors (Lipinski definition) is 4. The molecule has 2 heterocycles. The number of rotatable bonds is 8. The Hall–Kier alpha value is -4.25. The van der Waals surface area contributed by atoms with Crippen molar-refractivity contribution in [3.8, 4) is 17.6 Å². The van der Waals surface area contributed by atoms with Crippen molar-refractivity contribution >= 4 is 22.5 Å². The number of hydrogen-bond acceptors (Lipinski definition) is 5. The number of carbonyl (C=O) groups excluding carboxylic acids is 1. The van der Waals surface area contributed by atoms with Crippen molar-refractivity contribution in [1.82, 2.24) is 10.3 Å². The Labute approximate surface area is 235 Å². The van der Waals surface area contributed by atoms with Gasteiger partial charge in [0.1, 0.15) is 5.75 Å². The van der Waals surface area contributed by atoms with Crippen LogP contribution in [0.25, 0.3) is 10.9 Å². The van der Waals surface area contributed by atoms with Crippen LogP contribution in [0.3, 0.4) is 0 Å². The van der Waals surface area contributed by atoms with Gasteiger partial charge in [-0.05, 0) is 68.3 Å². The summed E-state index contributed by atoms with van der Waals surface area (Å²) in [6, 6.07) is 19.9. The first-order valence-corrected chi connectivity index (χ1v) is 13.8. The standard InChI is InChI=1S/C33H36N4O3/c1-22(2)40-32-29(26(21-38)19-25-20-36-31-6-4-3-5-28(25)31)17-24(18-30(32)33(34)39)8-7-23-9-11-27(12-10-23)37-15-13-35-14-16-37/h3-6,9-12,17-18,20,22,26,35-36,38H,13-16,19,21H2,1-2H3,(H2,34,39)/t26-/m0/s1. The Bertz CT molecular complexity index is 1540. The van der Waals surface area contributed by atoms with Gasteiger partial charge in [-0.25, -0.2) is 0 Å². The second-order valence-corrected chi connectivity index (χ2v) is 10.5. The van der Waals surface area contributed by atoms with Crippen LogP contribution in [0.15, 0.2) is 66.9 Å². The lowest BCUT2D eigenvalue weighted by Gasteiger charge is -2.29. The zero-order chi connectivity index (χ0) is 28.1. The largest absolute Gasteiger partial charge is 0.490 e. The van der Waals surface area contributed by atoms with E-state index in [9.17, 15) is 9.90 Å². The molecule has 1 saturated heterocycles. The first-order chi connectivity index (χ1) is 19.4. The van der Waals surface area contributed by atoms with Crippen LogP contribution in [-0.2, 0) is 6.42 Å². The Morgan fingerprint density at radius 1 is 1.05 bits per heavy atom. The number of benzene rings is 3. The van der Waals surface area contributed by atoms with E-state index in [0.717, 1.165) is 53.8 Å². The van der Waals surface area contributed by atoms with Crippen LogP contribution in [0.2, 0.25) is 0 Å². The predicted octanol–water partition coefficient (Wildman–Crippen LogP) is 4.18. The number of ether oxygens (including phenoxy) is 1. The molecule has 1 amide bonds. The van der Waals surface area contributed by atoms with E-state index in [2.05, 4.69) is 45.2 Å². The molecule has 0 unspecified atom stereocenters. The second-order valence-electron chi connectivity index (χ2n) is 10.5. The average molecular weight is 537 g/mol. The van der Waals surface area contributed by atoms with E-state index in [1.165, 1.54) is 5.69 Å². The number of anilines is 1. The van der Waals surface area contributed by atoms with Gasteiger partial charge >= 0.3 is 0 Å². The highest BCUT2D eigenvalue weighted by Crippen LogP contribution is 2.35. The van der Waals surface area contributed by atoms with E-state index in [1.807, 2.05) is 56.4 Å². The molecule has 1 fully saturated rings. The first kappa shape index (κ1) is 27.3. The number of para-hydroxylation sites is 1. The fraction of sp³-hybridized carbons (Fsp3) is 0.303. The van der Waals surface area contributed by atoms with Gasteiger partial charge in [-0.15, -0.1) is 0 Å². The van der Waals surface area contributed by atoms with Gasteiger partial charge in [0.25, 0.3) is 5.91 Å². The number of nitrogens with two attached hydrogens (primary N) is 1. The summed E-state index contributed by atoms with van der Waals surface area (Å²) < 4.78 is 6.14. The number of nitrogens with zero attached hydrogens (tertiary/aromatic N) is 1. The van der Waals surface area contributed by atoms with Gasteiger partial charge in [-0.2, -0.15) is 0 Å². The molecule has 1 aromatic heterocycles. The van der Waals surface area contributed by atoms with Crippen molar-refractivity contribution < 1.29 is 14.6 Å². The molecule has 0 aliphatic carbocycles. The lowest BCUT2D eigenvalue weighted by Crippen LogP contribution is -2.43. The van der Waals surface area contributed by atoms with Crippen LogP contribution in [0.5, 0.6) is 5.75 Å². The van der Waals surface area contributed by atoms with Gasteiger partial charge in [0.15, 0.2) is 0 Å². The smallest absolute Gasteiger partial charge is 0.252 e. The van der Waals surface area contributed by atoms with E-state index in [-0.39, 0.29) is 24.2 Å². The number of aromatic amines is 1. The van der Waals surface area contributed by atoms with Crippen molar-refractivity contribution in [1.29, 1.82) is 0 Å². The molecule has 0 radical (unpaired) electrons. The van der Waals surface area contributed by atoms with Gasteiger partial charge in [0.2, 0.25) is 0 Å². The van der Waals surface area contributed by atoms with E-state index >= 15 is 0 Å². The summed E-state index contributed by atoms with van der Waals surface area (Å²) in [6.45, 7) is 7.62. The third kappa shape index (κ3) is 6.15. The van der Waals surface area contributed by atoms with E-state index in [1.54, 1.807) is 6.07 Å². The Balaban J connectivity index is 1.50. The van der Waals surface area contributed by atoms with Crippen molar-refractivity contribution in [3.63, 3.8) is 0 Å². The third-order valence-electron chi connectivity index (χ3n) is 7.24. The van der Waals surface area contributed by atoms with E-state index in [4.69, 9.17) is 10.5 Å². The molecule has 7 nitrogen and oxygen atoms in total. The topological polar surface area (TPSA) is 104 Å². The number of aliphatic hydroxyl groups excluding tert-OH is 1. The minimum Gasteiger partial charge on any atom is -0.490 e. The molecule has 0 spiro atoms. The van der Waals surface area contributed by atoms with Gasteiger partial charge in [0.05, 0.1) is 18.3 Å². The zero-order valence-corrected chi connectivity index (χ0v) is 23.0. The Morgan fingerprint density at radius 2 is 1.77 bits per heavy atom. The molecule has 40 heavy (non-hydrogen) atoms. The van der Waals surface area contributed by atoms with Crippen molar-refractivity contribution in [2.45, 2.75) is 32.3 Å². The molecule has 0 bridgehead atoms. The van der Waals surface area contributed by atoms with Crippen LogP contribution in [0.4, 0.5) is 5.69 Å². The Kier molecular flexibility index (Phi) is 8.40. The monoisotopic (exact) mass is 536 g/mol. The minimum atomic E-state index is -0.593. The van der Waals surface area contributed by atoms with Crippen LogP contribution in [-0.4, -0.2) is 54.9 Å². The van der Waals surface area contributed by atoms with Gasteiger partial charge in [-0.1, -0.05) is 30.0 Å². The number of carbonyl (C=O) groups is 1. The van der Waals surface area contributed by atoms with Crippen molar-refractivity contribution in [2.75, 3.05) is 37.7 Å². The molecular weight excluding hydrogens is 500 g/mol. The lowest BCUT2D eigenvalue weighted by molar-refractivity contribution is 0.0994. The van der Waals surface area contributed by atoms with Crippen LogP contribution in [0, 0.1) is 11.8 Å². The highest BCUT2D eigenvalue weighted by Gasteiger charge is 2.24. The van der Waals surface area contributed by atoms with Crippen LogP contribution in [0.1, 0.15) is 52.4 Å². The molecule has 206 valence electrons. The summed E-state index contributed by atoms with van der Waals surface area (Å²) in [4.78, 5) is 18.3. The molecule has 5 rings (SSSR count). The second kappa shape index (κ2) is 12.3. The molecule has 1 aliphatic rings. The molecule has 5 N–H and O–H groups in total. The van der Waals surface area contributed by atoms with Gasteiger partial charge < -0.3 is 30.8 Å². The molecule has 4 aromatic rings. The maximum absolute atomic E-state index is 12.6. The van der Waals surface area contributed by atoms with Crippen molar-refractivity contribution in [3.05, 3.63) is 94.7 Å². The highest BCUT2D eigenvalue weighted by molar-refractivity contribution is 5.96. The maximum Gasteiger partial charge on any atom is 0.252 e. The third-order valence-corrected chi connectivity index (χ3v) is 7.24. The van der Waals surface area contributed by atoms with Crippen molar-refractivity contribution in [2.24, 2.45) is 5.73 Å². The summed E-state index contributed by atoms with van der Waals surface area (Å²) in [5.74, 6) is 5.94. The fourth-order valence-corrected chi connectivity index (χ4v) is 5.24. The summed E-state index contributed by atoms with van der Waals surface area (Å²) in [7, 11) is 0. The van der Waals surface area contributed by atoms with Crippen LogP contribution >= 0.6 is 0 Å². The number of piperazine rings is 1. The number of aliphatic hydroxyl groups is 1. The molecule has 1 aliphatic heterocycles. The number of amides is 1. The molecule has 3 aromatic carbocycles. The SMILES string of the molecule is CC(C)Oc1c(C(N)=O)cc(C#Cc2ccc(N3CCNCC3)cc2)cc1[C@H](CO)Cc1c[nH]c2ccccc12. The van der Waals surface area contributed by atoms with E-state index in [0.29, 0.717) is 17.7 Å². The summed E-state index contributed by atoms with van der Waals surface area (Å²) in [5, 5.41) is 15.0. The quantitative estimate of drug-likeness (QED) is 0.253. The number of H-pyrrole nitrogens is 1. The lowest BCUT2D eigenvalue weighted by atomic mass is 9.88. The molecule has 7 heteroatoms. The van der Waals surface area contributed by atoms with E-state index < -0.39 is 5.91 Å². The number of nitrogens with one attached hydrogen (secondary N) is 2. The summed E-state index contributed by atoms with van der Waals surface area (Å²) in [5.41, 5.74) is 11.6. The van der Waals surface area contributed by atoms with Gasteiger partial charge in [-0.3, -0.25) is 4.79 Å².